The van der Waals surface area contributed by atoms with Gasteiger partial charge in [0.25, 0.3) is 0 Å². The van der Waals surface area contributed by atoms with Gasteiger partial charge in [-0.25, -0.2) is 19.9 Å². The Morgan fingerprint density at radius 1 is 1.03 bits per heavy atom. The number of carbonyl (C=O) groups excluding carboxylic acids is 1. The van der Waals surface area contributed by atoms with Crippen LogP contribution in [0.1, 0.15) is 35.4 Å². The van der Waals surface area contributed by atoms with Crippen LogP contribution in [-0.2, 0) is 11.8 Å². The molecule has 0 fully saturated rings. The summed E-state index contributed by atoms with van der Waals surface area (Å²) in [6.45, 7) is 7.55. The molecule has 10 nitrogen and oxygen atoms in total. The van der Waals surface area contributed by atoms with Crippen LogP contribution in [0.4, 0.5) is 5.82 Å². The summed E-state index contributed by atoms with van der Waals surface area (Å²) in [7, 11) is 3.61. The van der Waals surface area contributed by atoms with Crippen LogP contribution >= 0.6 is 0 Å². The molecule has 196 valence electrons. The van der Waals surface area contributed by atoms with Gasteiger partial charge in [-0.1, -0.05) is 5.92 Å². The fraction of sp³-hybridized carbons (Fsp3) is 0.241. The topological polar surface area (TPSA) is 115 Å². The lowest BCUT2D eigenvalue weighted by molar-refractivity contribution is -0.117. The summed E-state index contributed by atoms with van der Waals surface area (Å²) in [5.41, 5.74) is 6.32. The number of nitrogens with zero attached hydrogens (tertiary/aromatic N) is 7. The predicted molar refractivity (Wildman–Crippen MR) is 150 cm³/mol. The third-order valence-electron chi connectivity index (χ3n) is 6.48. The van der Waals surface area contributed by atoms with E-state index >= 15 is 0 Å². The number of benzene rings is 1. The number of nitrogens with one attached hydrogen (secondary N) is 2. The van der Waals surface area contributed by atoms with E-state index in [1.165, 1.54) is 0 Å². The number of aryl methyl sites for hydroxylation is 4. The van der Waals surface area contributed by atoms with Crippen molar-refractivity contribution in [1.82, 2.24) is 39.6 Å². The van der Waals surface area contributed by atoms with Gasteiger partial charge in [0.05, 0.1) is 29.1 Å². The Morgan fingerprint density at radius 3 is 2.49 bits per heavy atom. The lowest BCUT2D eigenvalue weighted by atomic mass is 10.1. The van der Waals surface area contributed by atoms with Gasteiger partial charge in [0.2, 0.25) is 5.91 Å². The van der Waals surface area contributed by atoms with Crippen molar-refractivity contribution in [2.45, 2.75) is 33.7 Å². The van der Waals surface area contributed by atoms with Crippen LogP contribution < -0.4 is 10.6 Å². The maximum absolute atomic E-state index is 12.7. The third kappa shape index (κ3) is 5.39. The minimum Gasteiger partial charge on any atom is -0.309 e. The lowest BCUT2D eigenvalue weighted by Gasteiger charge is -2.12. The van der Waals surface area contributed by atoms with E-state index in [1.807, 2.05) is 68.9 Å². The van der Waals surface area contributed by atoms with E-state index < -0.39 is 6.04 Å². The average Bonchev–Trinajstić information content (AvgIpc) is 3.48. The first kappa shape index (κ1) is 25.8. The molecular weight excluding hydrogens is 490 g/mol. The largest absolute Gasteiger partial charge is 0.309 e. The summed E-state index contributed by atoms with van der Waals surface area (Å²) in [6, 6.07) is 11.2. The number of fused-ring (bicyclic) bond motifs is 1. The molecule has 5 aromatic rings. The lowest BCUT2D eigenvalue weighted by Crippen LogP contribution is -2.35. The molecule has 0 aliphatic rings. The smallest absolute Gasteiger partial charge is 0.242 e. The molecule has 39 heavy (non-hydrogen) atoms. The molecule has 0 saturated heterocycles. The van der Waals surface area contributed by atoms with E-state index in [1.54, 1.807) is 31.0 Å². The van der Waals surface area contributed by atoms with Crippen molar-refractivity contribution in [3.05, 3.63) is 77.4 Å². The number of hydrogen-bond acceptors (Lipinski definition) is 7. The van der Waals surface area contributed by atoms with E-state index in [0.717, 1.165) is 33.6 Å². The SMILES string of the molecule is CNC(C)C(=O)Nc1cc(-c2nc(C)nc3nn(C)c(C)c23)cc(C#Cc2ccc(-n3cnc(C)c3)cc2)n1. The van der Waals surface area contributed by atoms with Gasteiger partial charge in [-0.2, -0.15) is 5.10 Å². The van der Waals surface area contributed by atoms with Crippen LogP contribution in [0.25, 0.3) is 28.0 Å². The number of imidazole rings is 1. The van der Waals surface area contributed by atoms with Crippen LogP contribution in [0, 0.1) is 32.6 Å². The van der Waals surface area contributed by atoms with Crippen LogP contribution in [0.2, 0.25) is 0 Å². The monoisotopic (exact) mass is 519 g/mol. The standard InChI is InChI=1S/C29H29N9O/c1-17-15-38(16-31-17)24-11-8-21(9-12-24)7-10-23-13-22(14-25(34-23)35-29(39)18(2)30-5)27-26-19(3)37(6)36-28(26)33-20(4)32-27/h8-9,11-16,18,30H,1-6H3,(H,34,35,39). The van der Waals surface area contributed by atoms with Crippen molar-refractivity contribution in [3.63, 3.8) is 0 Å². The molecule has 0 bridgehead atoms. The second-order valence-electron chi connectivity index (χ2n) is 9.37. The zero-order valence-corrected chi connectivity index (χ0v) is 22.7. The number of amides is 1. The maximum Gasteiger partial charge on any atom is 0.242 e. The van der Waals surface area contributed by atoms with E-state index in [-0.39, 0.29) is 5.91 Å². The summed E-state index contributed by atoms with van der Waals surface area (Å²) in [5, 5.41) is 11.2. The highest BCUT2D eigenvalue weighted by Gasteiger charge is 2.18. The number of rotatable bonds is 5. The quantitative estimate of drug-likeness (QED) is 0.342. The molecule has 5 rings (SSSR count). The van der Waals surface area contributed by atoms with Crippen LogP contribution in [0.3, 0.4) is 0 Å². The number of carbonyl (C=O) groups is 1. The second-order valence-corrected chi connectivity index (χ2v) is 9.37. The number of hydrogen-bond donors (Lipinski definition) is 2. The number of pyridine rings is 1. The van der Waals surface area contributed by atoms with Gasteiger partial charge in [-0.3, -0.25) is 9.48 Å². The molecule has 1 unspecified atom stereocenters. The maximum atomic E-state index is 12.7. The van der Waals surface area contributed by atoms with Gasteiger partial charge < -0.3 is 15.2 Å². The Hall–Kier alpha value is -4.88. The summed E-state index contributed by atoms with van der Waals surface area (Å²) in [5.74, 6) is 7.14. The highest BCUT2D eigenvalue weighted by atomic mass is 16.2. The van der Waals surface area contributed by atoms with Crippen molar-refractivity contribution in [3.8, 4) is 28.8 Å². The van der Waals surface area contributed by atoms with Crippen molar-refractivity contribution in [2.75, 3.05) is 12.4 Å². The zero-order chi connectivity index (χ0) is 27.7. The minimum atomic E-state index is -0.392. The first-order chi connectivity index (χ1) is 18.7. The molecule has 4 heterocycles. The zero-order valence-electron chi connectivity index (χ0n) is 22.7. The minimum absolute atomic E-state index is 0.201. The average molecular weight is 520 g/mol. The van der Waals surface area contributed by atoms with E-state index in [4.69, 9.17) is 4.98 Å². The number of likely N-dealkylation sites (N-methyl/N-ethyl adjacent to an activating group) is 1. The molecule has 10 heteroatoms. The van der Waals surface area contributed by atoms with Crippen molar-refractivity contribution >= 4 is 22.8 Å². The highest BCUT2D eigenvalue weighted by Crippen LogP contribution is 2.30. The Labute approximate surface area is 226 Å². The van der Waals surface area contributed by atoms with Gasteiger partial charge in [0.15, 0.2) is 5.65 Å². The Balaban J connectivity index is 1.57. The van der Waals surface area contributed by atoms with Crippen LogP contribution in [0.15, 0.2) is 48.9 Å². The van der Waals surface area contributed by atoms with E-state index in [9.17, 15) is 4.79 Å². The molecule has 2 N–H and O–H groups in total. The molecule has 1 atom stereocenters. The fourth-order valence-electron chi connectivity index (χ4n) is 4.13. The molecule has 0 spiro atoms. The van der Waals surface area contributed by atoms with E-state index in [0.29, 0.717) is 28.7 Å². The Bertz CT molecular complexity index is 1750. The summed E-state index contributed by atoms with van der Waals surface area (Å²) in [4.78, 5) is 30.8. The second kappa shape index (κ2) is 10.5. The molecule has 0 aliphatic heterocycles. The molecule has 1 amide bonds. The molecule has 0 aliphatic carbocycles. The van der Waals surface area contributed by atoms with Gasteiger partial charge >= 0.3 is 0 Å². The fourth-order valence-corrected chi connectivity index (χ4v) is 4.13. The van der Waals surface area contributed by atoms with Crippen LogP contribution in [0.5, 0.6) is 0 Å². The molecule has 1 aromatic carbocycles. The van der Waals surface area contributed by atoms with Crippen molar-refractivity contribution in [2.24, 2.45) is 7.05 Å². The summed E-state index contributed by atoms with van der Waals surface area (Å²) >= 11 is 0. The highest BCUT2D eigenvalue weighted by molar-refractivity contribution is 5.96. The summed E-state index contributed by atoms with van der Waals surface area (Å²) in [6.07, 6.45) is 3.75. The molecule has 4 aromatic heterocycles. The molecule has 0 saturated carbocycles. The van der Waals surface area contributed by atoms with Gasteiger partial charge in [-0.15, -0.1) is 0 Å². The van der Waals surface area contributed by atoms with Gasteiger partial charge in [0, 0.05) is 35.8 Å². The predicted octanol–water partition coefficient (Wildman–Crippen LogP) is 3.48. The van der Waals surface area contributed by atoms with Gasteiger partial charge in [0.1, 0.15) is 17.3 Å². The normalized spacial score (nSPS) is 11.7. The van der Waals surface area contributed by atoms with Crippen molar-refractivity contribution in [1.29, 1.82) is 0 Å². The first-order valence-electron chi connectivity index (χ1n) is 12.5. The Morgan fingerprint density at radius 2 is 1.79 bits per heavy atom. The molecular formula is C29H29N9O. The number of aromatic nitrogens is 7. The molecule has 0 radical (unpaired) electrons. The first-order valence-corrected chi connectivity index (χ1v) is 12.5. The van der Waals surface area contributed by atoms with E-state index in [2.05, 4.69) is 42.5 Å². The van der Waals surface area contributed by atoms with Gasteiger partial charge in [-0.05, 0) is 77.1 Å². The number of anilines is 1. The summed E-state index contributed by atoms with van der Waals surface area (Å²) < 4.78 is 3.75. The van der Waals surface area contributed by atoms with Crippen molar-refractivity contribution < 1.29 is 4.79 Å². The Kier molecular flexibility index (Phi) is 6.92. The van der Waals surface area contributed by atoms with Crippen LogP contribution in [-0.4, -0.2) is 53.3 Å². The third-order valence-corrected chi connectivity index (χ3v) is 6.48.